The van der Waals surface area contributed by atoms with Crippen molar-refractivity contribution in [2.45, 2.75) is 44.4 Å². The van der Waals surface area contributed by atoms with E-state index in [0.29, 0.717) is 25.0 Å². The molecule has 3 atom stereocenters. The van der Waals surface area contributed by atoms with E-state index in [-0.39, 0.29) is 24.1 Å². The average Bonchev–Trinajstić information content (AvgIpc) is 3.26. The van der Waals surface area contributed by atoms with Gasteiger partial charge in [-0.2, -0.15) is 0 Å². The summed E-state index contributed by atoms with van der Waals surface area (Å²) >= 11 is 0. The number of ether oxygens (including phenoxy) is 1. The number of imide groups is 1. The molecule has 1 unspecified atom stereocenters. The number of methoxy groups -OCH3 is 1. The van der Waals surface area contributed by atoms with Crippen molar-refractivity contribution in [3.63, 3.8) is 0 Å². The van der Waals surface area contributed by atoms with Crippen molar-refractivity contribution in [3.05, 3.63) is 53.0 Å². The van der Waals surface area contributed by atoms with Crippen molar-refractivity contribution in [1.82, 2.24) is 19.7 Å². The summed E-state index contributed by atoms with van der Waals surface area (Å²) in [4.78, 5) is 35.9. The molecule has 35 heavy (non-hydrogen) atoms. The lowest BCUT2D eigenvalue weighted by molar-refractivity contribution is -0.133. The molecule has 1 fully saturated rings. The molecule has 9 heteroatoms. The van der Waals surface area contributed by atoms with E-state index in [2.05, 4.69) is 9.88 Å². The molecule has 1 aromatic heterocycles. The number of aromatic nitrogens is 1. The lowest BCUT2D eigenvalue weighted by Crippen LogP contribution is -2.53. The van der Waals surface area contributed by atoms with Gasteiger partial charge in [0, 0.05) is 42.2 Å². The number of nitrogens with one attached hydrogen (secondary N) is 1. The molecule has 3 amide bonds. The number of carbonyl (C=O) groups excluding carboxylic acids is 2. The van der Waals surface area contributed by atoms with Gasteiger partial charge in [0.15, 0.2) is 11.6 Å². The first-order valence-corrected chi connectivity index (χ1v) is 12.0. The Hall–Kier alpha value is -3.17. The van der Waals surface area contributed by atoms with Crippen LogP contribution in [-0.4, -0.2) is 82.2 Å². The largest absolute Gasteiger partial charge is 0.494 e. The number of fused-ring (bicyclic) bond motifs is 4. The SMILES string of the molecule is CCN(C)CCN1C(=O)N2[C@H](C3=CC(O)CC=C3)c3[nH]c4cc(F)c(OC)cc4c3C[C@@]2(C)C1=O. The number of rotatable bonds is 6. The zero-order valence-electron chi connectivity index (χ0n) is 20.5. The number of amides is 3. The van der Waals surface area contributed by atoms with E-state index < -0.39 is 23.5 Å². The second-order valence-corrected chi connectivity index (χ2v) is 9.78. The van der Waals surface area contributed by atoms with E-state index >= 15 is 0 Å². The van der Waals surface area contributed by atoms with Crippen molar-refractivity contribution < 1.29 is 23.8 Å². The Bertz CT molecular complexity index is 1270. The van der Waals surface area contributed by atoms with Crippen LogP contribution in [0.3, 0.4) is 0 Å². The molecule has 1 aromatic carbocycles. The number of halogens is 1. The summed E-state index contributed by atoms with van der Waals surface area (Å²) in [6, 6.07) is 2.05. The topological polar surface area (TPSA) is 89.1 Å². The minimum atomic E-state index is -1.12. The van der Waals surface area contributed by atoms with Gasteiger partial charge in [0.05, 0.1) is 13.2 Å². The van der Waals surface area contributed by atoms with E-state index in [9.17, 15) is 19.1 Å². The highest BCUT2D eigenvalue weighted by Gasteiger charge is 2.60. The molecule has 2 N–H and O–H groups in total. The van der Waals surface area contributed by atoms with E-state index in [1.54, 1.807) is 24.0 Å². The summed E-state index contributed by atoms with van der Waals surface area (Å²) in [5.74, 6) is -0.617. The predicted molar refractivity (Wildman–Crippen MR) is 130 cm³/mol. The van der Waals surface area contributed by atoms with Gasteiger partial charge in [-0.15, -0.1) is 0 Å². The molecule has 0 saturated carbocycles. The highest BCUT2D eigenvalue weighted by molar-refractivity contribution is 6.08. The van der Waals surface area contributed by atoms with Crippen LogP contribution in [-0.2, 0) is 11.2 Å². The third-order valence-corrected chi connectivity index (χ3v) is 7.57. The van der Waals surface area contributed by atoms with Crippen LogP contribution in [0.15, 0.2) is 35.9 Å². The Kier molecular flexibility index (Phi) is 5.72. The van der Waals surface area contributed by atoms with E-state index in [4.69, 9.17) is 4.74 Å². The quantitative estimate of drug-likeness (QED) is 0.618. The first kappa shape index (κ1) is 23.6. The maximum atomic E-state index is 14.5. The summed E-state index contributed by atoms with van der Waals surface area (Å²) in [6.45, 7) is 5.51. The highest BCUT2D eigenvalue weighted by atomic mass is 19.1. The molecule has 3 aliphatic rings. The lowest BCUT2D eigenvalue weighted by Gasteiger charge is -2.43. The van der Waals surface area contributed by atoms with Gasteiger partial charge < -0.3 is 19.7 Å². The normalized spacial score (nSPS) is 26.0. The number of aromatic amines is 1. The molecular weight excluding hydrogens is 451 g/mol. The predicted octanol–water partition coefficient (Wildman–Crippen LogP) is 3.13. The number of hydrogen-bond acceptors (Lipinski definition) is 5. The number of urea groups is 1. The first-order chi connectivity index (χ1) is 16.7. The number of aliphatic hydroxyl groups is 1. The molecule has 2 aliphatic heterocycles. The van der Waals surface area contributed by atoms with Gasteiger partial charge in [0.2, 0.25) is 0 Å². The molecule has 2 aromatic rings. The minimum Gasteiger partial charge on any atom is -0.494 e. The summed E-state index contributed by atoms with van der Waals surface area (Å²) in [5.41, 5.74) is 1.76. The Morgan fingerprint density at radius 3 is 2.80 bits per heavy atom. The molecule has 1 aliphatic carbocycles. The van der Waals surface area contributed by atoms with Crippen LogP contribution in [0, 0.1) is 5.82 Å². The number of benzene rings is 1. The molecule has 0 spiro atoms. The lowest BCUT2D eigenvalue weighted by atomic mass is 9.80. The maximum absolute atomic E-state index is 14.5. The summed E-state index contributed by atoms with van der Waals surface area (Å²) < 4.78 is 19.7. The van der Waals surface area contributed by atoms with Gasteiger partial charge in [0.25, 0.3) is 5.91 Å². The molecule has 1 saturated heterocycles. The minimum absolute atomic E-state index is 0.119. The van der Waals surface area contributed by atoms with Crippen LogP contribution in [0.5, 0.6) is 5.75 Å². The van der Waals surface area contributed by atoms with Crippen LogP contribution in [0.4, 0.5) is 9.18 Å². The molecule has 186 valence electrons. The van der Waals surface area contributed by atoms with Gasteiger partial charge >= 0.3 is 6.03 Å². The fraction of sp³-hybridized carbons (Fsp3) is 0.462. The number of hydrogen-bond donors (Lipinski definition) is 2. The van der Waals surface area contributed by atoms with Gasteiger partial charge in [0.1, 0.15) is 11.6 Å². The molecule has 0 bridgehead atoms. The van der Waals surface area contributed by atoms with Gasteiger partial charge in [-0.1, -0.05) is 25.2 Å². The van der Waals surface area contributed by atoms with Gasteiger partial charge in [-0.25, -0.2) is 9.18 Å². The van der Waals surface area contributed by atoms with Crippen LogP contribution < -0.4 is 4.74 Å². The van der Waals surface area contributed by atoms with Crippen molar-refractivity contribution in [2.24, 2.45) is 0 Å². The number of aliphatic hydroxyl groups excluding tert-OH is 1. The van der Waals surface area contributed by atoms with Crippen molar-refractivity contribution in [1.29, 1.82) is 0 Å². The highest BCUT2D eigenvalue weighted by Crippen LogP contribution is 2.50. The molecule has 5 rings (SSSR count). The summed E-state index contributed by atoms with van der Waals surface area (Å²) in [6.07, 6.45) is 5.59. The zero-order chi connectivity index (χ0) is 25.1. The van der Waals surface area contributed by atoms with Crippen LogP contribution in [0.25, 0.3) is 10.9 Å². The Balaban J connectivity index is 1.68. The zero-order valence-corrected chi connectivity index (χ0v) is 20.5. The third kappa shape index (κ3) is 3.56. The monoisotopic (exact) mass is 482 g/mol. The summed E-state index contributed by atoms with van der Waals surface area (Å²) in [7, 11) is 3.37. The van der Waals surface area contributed by atoms with Gasteiger partial charge in [-0.3, -0.25) is 14.6 Å². The first-order valence-electron chi connectivity index (χ1n) is 12.0. The van der Waals surface area contributed by atoms with E-state index in [0.717, 1.165) is 28.8 Å². The number of carbonyl (C=O) groups is 2. The smallest absolute Gasteiger partial charge is 0.328 e. The second-order valence-electron chi connectivity index (χ2n) is 9.78. The van der Waals surface area contributed by atoms with Crippen molar-refractivity contribution >= 4 is 22.8 Å². The Labute approximate surface area is 203 Å². The Morgan fingerprint density at radius 2 is 2.11 bits per heavy atom. The van der Waals surface area contributed by atoms with Crippen LogP contribution in [0.2, 0.25) is 0 Å². The fourth-order valence-electron chi connectivity index (χ4n) is 5.52. The standard InChI is InChI=1S/C26H31FN4O4/c1-5-29(3)9-10-30-24(33)26(2)14-18-17-12-21(35-4)19(27)13-20(17)28-22(18)23(31(26)25(30)34)15-7-6-8-16(32)11-15/h6-7,11-13,16,23,28,32H,5,8-10,14H2,1-4H3/t16?,23-,26+/m1/s1. The maximum Gasteiger partial charge on any atom is 0.328 e. The average molecular weight is 483 g/mol. The third-order valence-electron chi connectivity index (χ3n) is 7.57. The van der Waals surface area contributed by atoms with Crippen molar-refractivity contribution in [2.75, 3.05) is 33.8 Å². The number of likely N-dealkylation sites (N-methyl/N-ethyl adjacent to an activating group) is 1. The summed E-state index contributed by atoms with van der Waals surface area (Å²) in [5, 5.41) is 11.1. The van der Waals surface area contributed by atoms with Crippen LogP contribution >= 0.6 is 0 Å². The van der Waals surface area contributed by atoms with E-state index in [1.807, 2.05) is 26.1 Å². The molecule has 8 nitrogen and oxygen atoms in total. The Morgan fingerprint density at radius 1 is 1.34 bits per heavy atom. The van der Waals surface area contributed by atoms with Crippen LogP contribution in [0.1, 0.15) is 37.6 Å². The van der Waals surface area contributed by atoms with Gasteiger partial charge in [-0.05, 0) is 44.1 Å². The molecule has 0 radical (unpaired) electrons. The number of nitrogens with zero attached hydrogens (tertiary/aromatic N) is 3. The fourth-order valence-corrected chi connectivity index (χ4v) is 5.52. The number of H-pyrrole nitrogens is 1. The molecule has 3 heterocycles. The van der Waals surface area contributed by atoms with E-state index in [1.165, 1.54) is 18.1 Å². The second kappa shape index (κ2) is 8.49. The molecular formula is C26H31FN4O4. The van der Waals surface area contributed by atoms with Crippen molar-refractivity contribution in [3.8, 4) is 5.75 Å².